The van der Waals surface area contributed by atoms with Crippen LogP contribution in [0.3, 0.4) is 0 Å². The van der Waals surface area contributed by atoms with Gasteiger partial charge in [0.1, 0.15) is 0 Å². The molecule has 2 amide bonds. The van der Waals surface area contributed by atoms with Crippen molar-refractivity contribution in [2.24, 2.45) is 0 Å². The van der Waals surface area contributed by atoms with Crippen LogP contribution < -0.4 is 5.32 Å². The molecule has 1 fully saturated rings. The van der Waals surface area contributed by atoms with Gasteiger partial charge in [-0.05, 0) is 42.0 Å². The lowest BCUT2D eigenvalue weighted by Gasteiger charge is -2.26. The number of para-hydroxylation sites is 1. The van der Waals surface area contributed by atoms with Gasteiger partial charge in [-0.3, -0.25) is 14.6 Å². The number of fused-ring (bicyclic) bond motifs is 1. The Morgan fingerprint density at radius 2 is 1.76 bits per heavy atom. The van der Waals surface area contributed by atoms with E-state index in [4.69, 9.17) is 4.98 Å². The number of amides is 2. The van der Waals surface area contributed by atoms with Gasteiger partial charge in [0.2, 0.25) is 5.91 Å². The molecular formula is C27H24N4O2S. The molecule has 0 aliphatic carbocycles. The van der Waals surface area contributed by atoms with Gasteiger partial charge in [0.25, 0.3) is 5.91 Å². The van der Waals surface area contributed by atoms with Gasteiger partial charge in [0.15, 0.2) is 0 Å². The van der Waals surface area contributed by atoms with E-state index >= 15 is 0 Å². The number of carbonyl (C=O) groups excluding carboxylic acids is 2. The molecule has 170 valence electrons. The van der Waals surface area contributed by atoms with Gasteiger partial charge >= 0.3 is 0 Å². The quantitative estimate of drug-likeness (QED) is 0.461. The topological polar surface area (TPSA) is 75.2 Å². The minimum absolute atomic E-state index is 0.156. The summed E-state index contributed by atoms with van der Waals surface area (Å²) in [5.74, 6) is 1.95. The molecule has 5 rings (SSSR count). The number of aromatic nitrogens is 2. The van der Waals surface area contributed by atoms with Crippen molar-refractivity contribution in [3.05, 3.63) is 90.3 Å². The first-order chi connectivity index (χ1) is 16.7. The molecule has 3 heterocycles. The third kappa shape index (κ3) is 4.94. The number of nitrogens with zero attached hydrogens (tertiary/aromatic N) is 3. The molecule has 0 bridgehead atoms. The number of thioether (sulfide) groups is 1. The first-order valence-electron chi connectivity index (χ1n) is 11.2. The van der Waals surface area contributed by atoms with Crippen LogP contribution in [0, 0.1) is 0 Å². The van der Waals surface area contributed by atoms with E-state index in [0.717, 1.165) is 46.6 Å². The van der Waals surface area contributed by atoms with Gasteiger partial charge in [0, 0.05) is 53.6 Å². The number of nitrogens with one attached hydrogen (secondary N) is 1. The summed E-state index contributed by atoms with van der Waals surface area (Å²) in [5, 5.41) is 3.78. The second kappa shape index (κ2) is 10.1. The van der Waals surface area contributed by atoms with Gasteiger partial charge in [-0.25, -0.2) is 4.98 Å². The van der Waals surface area contributed by atoms with Crippen LogP contribution in [0.15, 0.2) is 79.1 Å². The lowest BCUT2D eigenvalue weighted by Crippen LogP contribution is -2.38. The Kier molecular flexibility index (Phi) is 6.53. The number of pyridine rings is 2. The summed E-state index contributed by atoms with van der Waals surface area (Å²) < 4.78 is 0. The molecule has 4 aromatic rings. The zero-order chi connectivity index (χ0) is 23.3. The van der Waals surface area contributed by atoms with Gasteiger partial charge in [-0.1, -0.05) is 30.3 Å². The van der Waals surface area contributed by atoms with Crippen LogP contribution in [0.2, 0.25) is 0 Å². The van der Waals surface area contributed by atoms with Crippen molar-refractivity contribution in [2.75, 3.05) is 29.9 Å². The average molecular weight is 469 g/mol. The van der Waals surface area contributed by atoms with Crippen LogP contribution in [-0.4, -0.2) is 51.3 Å². The highest BCUT2D eigenvalue weighted by atomic mass is 32.2. The van der Waals surface area contributed by atoms with Gasteiger partial charge in [-0.15, -0.1) is 0 Å². The van der Waals surface area contributed by atoms with Crippen molar-refractivity contribution < 1.29 is 9.59 Å². The third-order valence-corrected chi connectivity index (χ3v) is 6.79. The normalized spacial score (nSPS) is 13.6. The van der Waals surface area contributed by atoms with Crippen LogP contribution in [0.4, 0.5) is 5.69 Å². The van der Waals surface area contributed by atoms with Crippen molar-refractivity contribution >= 4 is 40.2 Å². The Hall–Kier alpha value is -3.71. The fourth-order valence-electron chi connectivity index (χ4n) is 4.03. The number of hydrogen-bond donors (Lipinski definition) is 1. The first-order valence-corrected chi connectivity index (χ1v) is 12.4. The highest BCUT2D eigenvalue weighted by molar-refractivity contribution is 7.99. The molecule has 2 aromatic carbocycles. The maximum atomic E-state index is 13.3. The molecule has 0 spiro atoms. The van der Waals surface area contributed by atoms with E-state index in [1.165, 1.54) is 0 Å². The smallest absolute Gasteiger partial charge is 0.256 e. The first kappa shape index (κ1) is 22.1. The summed E-state index contributed by atoms with van der Waals surface area (Å²) in [6, 6.07) is 20.7. The molecule has 0 unspecified atom stereocenters. The fraction of sp³-hybridized carbons (Fsp3) is 0.185. The van der Waals surface area contributed by atoms with Crippen LogP contribution in [0.25, 0.3) is 22.2 Å². The van der Waals surface area contributed by atoms with Crippen molar-refractivity contribution in [3.8, 4) is 11.3 Å². The largest absolute Gasteiger partial charge is 0.341 e. The van der Waals surface area contributed by atoms with Crippen molar-refractivity contribution in [1.82, 2.24) is 14.9 Å². The highest BCUT2D eigenvalue weighted by Gasteiger charge is 2.17. The minimum Gasteiger partial charge on any atom is -0.341 e. The molecule has 1 N–H and O–H groups in total. The number of hydrogen-bond acceptors (Lipinski definition) is 5. The SMILES string of the molecule is O=C(Nc1ccc(CC(=O)N2CCSCC2)cc1)c1cc(-c2cccnc2)nc2ccccc12. The van der Waals surface area contributed by atoms with Crippen LogP contribution >= 0.6 is 11.8 Å². The van der Waals surface area contributed by atoms with E-state index in [2.05, 4.69) is 10.3 Å². The predicted octanol–water partition coefficient (Wildman–Crippen LogP) is 4.67. The number of rotatable bonds is 5. The lowest BCUT2D eigenvalue weighted by molar-refractivity contribution is -0.130. The average Bonchev–Trinajstić information content (AvgIpc) is 2.90. The molecule has 1 aliphatic heterocycles. The van der Waals surface area contributed by atoms with Crippen molar-refractivity contribution in [3.63, 3.8) is 0 Å². The summed E-state index contributed by atoms with van der Waals surface area (Å²) in [5.41, 5.74) is 4.46. The number of carbonyl (C=O) groups is 2. The van der Waals surface area contributed by atoms with Gasteiger partial charge in [0.05, 0.1) is 23.2 Å². The summed E-state index contributed by atoms with van der Waals surface area (Å²) >= 11 is 1.89. The van der Waals surface area contributed by atoms with E-state index in [0.29, 0.717) is 23.4 Å². The zero-order valence-electron chi connectivity index (χ0n) is 18.6. The van der Waals surface area contributed by atoms with E-state index in [9.17, 15) is 9.59 Å². The molecule has 1 aliphatic rings. The molecule has 7 heteroatoms. The van der Waals surface area contributed by atoms with Crippen molar-refractivity contribution in [2.45, 2.75) is 6.42 Å². The Balaban J connectivity index is 1.35. The third-order valence-electron chi connectivity index (χ3n) is 5.85. The fourth-order valence-corrected chi connectivity index (χ4v) is 4.93. The summed E-state index contributed by atoms with van der Waals surface area (Å²) in [7, 11) is 0. The summed E-state index contributed by atoms with van der Waals surface area (Å²) in [4.78, 5) is 36.6. The van der Waals surface area contributed by atoms with E-state index in [1.54, 1.807) is 18.5 Å². The number of benzene rings is 2. The van der Waals surface area contributed by atoms with Crippen molar-refractivity contribution in [1.29, 1.82) is 0 Å². The molecule has 2 aromatic heterocycles. The van der Waals surface area contributed by atoms with Crippen LogP contribution in [0.5, 0.6) is 0 Å². The Morgan fingerprint density at radius 1 is 0.971 bits per heavy atom. The molecule has 0 atom stereocenters. The Morgan fingerprint density at radius 3 is 2.53 bits per heavy atom. The van der Waals surface area contributed by atoms with Crippen LogP contribution in [0.1, 0.15) is 15.9 Å². The zero-order valence-corrected chi connectivity index (χ0v) is 19.4. The number of anilines is 1. The molecule has 6 nitrogen and oxygen atoms in total. The van der Waals surface area contributed by atoms with Gasteiger partial charge in [-0.2, -0.15) is 11.8 Å². The Labute approximate surface area is 202 Å². The lowest BCUT2D eigenvalue weighted by atomic mass is 10.0. The molecule has 34 heavy (non-hydrogen) atoms. The Bertz CT molecular complexity index is 1320. The van der Waals surface area contributed by atoms with Gasteiger partial charge < -0.3 is 10.2 Å². The van der Waals surface area contributed by atoms with E-state index in [1.807, 2.05) is 77.3 Å². The second-order valence-corrected chi connectivity index (χ2v) is 9.36. The van der Waals surface area contributed by atoms with E-state index < -0.39 is 0 Å². The highest BCUT2D eigenvalue weighted by Crippen LogP contribution is 2.25. The maximum absolute atomic E-state index is 13.3. The summed E-state index contributed by atoms with van der Waals surface area (Å²) in [6.07, 6.45) is 3.82. The molecule has 1 saturated heterocycles. The standard InChI is InChI=1S/C27H24N4O2S/c32-26(31-12-14-34-15-13-31)16-19-7-9-21(10-8-19)29-27(33)23-17-25(20-4-3-11-28-18-20)30-24-6-2-1-5-22(23)24/h1-11,17-18H,12-16H2,(H,29,33). The molecular weight excluding hydrogens is 444 g/mol. The summed E-state index contributed by atoms with van der Waals surface area (Å²) in [6.45, 7) is 1.64. The second-order valence-electron chi connectivity index (χ2n) is 8.13. The maximum Gasteiger partial charge on any atom is 0.256 e. The predicted molar refractivity (Wildman–Crippen MR) is 137 cm³/mol. The molecule has 0 saturated carbocycles. The molecule has 0 radical (unpaired) electrons. The van der Waals surface area contributed by atoms with Crippen LogP contribution in [-0.2, 0) is 11.2 Å². The monoisotopic (exact) mass is 468 g/mol. The minimum atomic E-state index is -0.210. The van der Waals surface area contributed by atoms with E-state index in [-0.39, 0.29) is 11.8 Å².